The summed E-state index contributed by atoms with van der Waals surface area (Å²) in [5, 5.41) is 2.51. The molecule has 0 N–H and O–H groups in total. The third-order valence-electron chi connectivity index (χ3n) is 14.7. The van der Waals surface area contributed by atoms with E-state index in [-0.39, 0.29) is 33.8 Å². The summed E-state index contributed by atoms with van der Waals surface area (Å²) in [4.78, 5) is 5.21. The van der Waals surface area contributed by atoms with E-state index in [9.17, 15) is 0 Å². The largest absolute Gasteiger partial charge is 0.472 e. The molecular weight excluding hydrogens is 763 g/mol. The van der Waals surface area contributed by atoms with Crippen molar-refractivity contribution in [3.8, 4) is 11.1 Å². The Balaban J connectivity index is 1.34. The molecule has 7 aromatic rings. The van der Waals surface area contributed by atoms with Gasteiger partial charge in [-0.05, 0) is 133 Å². The summed E-state index contributed by atoms with van der Waals surface area (Å²) in [5.74, 6) is 1.15. The predicted octanol–water partition coefficient (Wildman–Crippen LogP) is 14.7. The first kappa shape index (κ1) is 41.5. The Morgan fingerprint density at radius 1 is 0.540 bits per heavy atom. The Morgan fingerprint density at radius 2 is 1.11 bits per heavy atom. The number of hydrogen-bond acceptors (Lipinski definition) is 3. The van der Waals surface area contributed by atoms with Gasteiger partial charge in [0.1, 0.15) is 5.76 Å². The third-order valence-corrected chi connectivity index (χ3v) is 14.7. The Labute approximate surface area is 377 Å². The first-order valence-corrected chi connectivity index (χ1v) is 23.3. The molecule has 320 valence electrons. The Hall–Kier alpha value is -5.48. The van der Waals surface area contributed by atoms with Gasteiger partial charge < -0.3 is 14.2 Å². The summed E-state index contributed by atoms with van der Waals surface area (Å²) >= 11 is 0. The van der Waals surface area contributed by atoms with E-state index < -0.39 is 0 Å². The number of aryl methyl sites for hydroxylation is 1. The molecule has 10 rings (SSSR count). The van der Waals surface area contributed by atoms with E-state index in [2.05, 4.69) is 222 Å². The lowest BCUT2D eigenvalue weighted by Crippen LogP contribution is -2.61. The van der Waals surface area contributed by atoms with E-state index in [0.717, 1.165) is 24.3 Å². The minimum absolute atomic E-state index is 0.0354. The molecule has 3 nitrogen and oxygen atoms in total. The lowest BCUT2D eigenvalue weighted by Gasteiger charge is -2.45. The molecular formula is C59H65BN2O. The molecule has 2 aliphatic heterocycles. The molecule has 1 aliphatic carbocycles. The second-order valence-corrected chi connectivity index (χ2v) is 23.4. The molecule has 0 unspecified atom stereocenters. The maximum Gasteiger partial charge on any atom is 0.297 e. The maximum atomic E-state index is 7.65. The van der Waals surface area contributed by atoms with Gasteiger partial charge in [-0.3, -0.25) is 0 Å². The molecule has 0 fully saturated rings. The quantitative estimate of drug-likeness (QED) is 0.165. The van der Waals surface area contributed by atoms with Crippen LogP contribution in [0.25, 0.3) is 21.9 Å². The van der Waals surface area contributed by atoms with E-state index in [1.165, 1.54) is 94.8 Å². The number of nitrogens with zero attached hydrogens (tertiary/aromatic N) is 2. The van der Waals surface area contributed by atoms with Crippen molar-refractivity contribution in [1.29, 1.82) is 0 Å². The minimum Gasteiger partial charge on any atom is -0.472 e. The van der Waals surface area contributed by atoms with Crippen molar-refractivity contribution in [2.45, 2.75) is 137 Å². The van der Waals surface area contributed by atoms with Crippen molar-refractivity contribution in [2.75, 3.05) is 9.80 Å². The number of anilines is 6. The zero-order valence-electron chi connectivity index (χ0n) is 40.3. The van der Waals surface area contributed by atoms with Crippen molar-refractivity contribution < 1.29 is 4.42 Å². The summed E-state index contributed by atoms with van der Waals surface area (Å²) < 4.78 is 7.65. The fourth-order valence-corrected chi connectivity index (χ4v) is 10.9. The van der Waals surface area contributed by atoms with E-state index in [1.54, 1.807) is 0 Å². The highest BCUT2D eigenvalue weighted by Gasteiger charge is 2.52. The van der Waals surface area contributed by atoms with Crippen LogP contribution in [0.5, 0.6) is 0 Å². The molecule has 0 saturated heterocycles. The maximum absolute atomic E-state index is 7.65. The van der Waals surface area contributed by atoms with Crippen molar-refractivity contribution in [2.24, 2.45) is 0 Å². The van der Waals surface area contributed by atoms with Gasteiger partial charge in [0, 0.05) is 39.3 Å². The number of hydrogen-bond donors (Lipinski definition) is 0. The SMILES string of the molecule is Cc1cc2c3c(c1)N(c1ccc(C(C)(C)C)cc1)c1c(oc4c1C(C)(C)CCC4(C)C)B3c1cc(C(C)(C)C)ccc1N2c1ccc(C(C)(C)C)cc1-c1cccc2ccccc12. The first-order chi connectivity index (χ1) is 29.5. The van der Waals surface area contributed by atoms with Crippen LogP contribution in [0, 0.1) is 6.92 Å². The van der Waals surface area contributed by atoms with E-state index in [1.807, 2.05) is 0 Å². The zero-order chi connectivity index (χ0) is 44.8. The second kappa shape index (κ2) is 13.8. The molecule has 0 saturated carbocycles. The minimum atomic E-state index is -0.103. The Morgan fingerprint density at radius 3 is 1.78 bits per heavy atom. The van der Waals surface area contributed by atoms with Gasteiger partial charge in [-0.2, -0.15) is 0 Å². The Kier molecular flexibility index (Phi) is 9.07. The van der Waals surface area contributed by atoms with Crippen LogP contribution < -0.4 is 26.4 Å². The van der Waals surface area contributed by atoms with Gasteiger partial charge >= 0.3 is 0 Å². The van der Waals surface area contributed by atoms with Crippen molar-refractivity contribution in [1.82, 2.24) is 0 Å². The van der Waals surface area contributed by atoms with Gasteiger partial charge in [-0.1, -0.05) is 163 Å². The topological polar surface area (TPSA) is 19.6 Å². The van der Waals surface area contributed by atoms with Crippen LogP contribution in [0.1, 0.15) is 136 Å². The van der Waals surface area contributed by atoms with Crippen LogP contribution in [0.4, 0.5) is 34.1 Å². The van der Waals surface area contributed by atoms with Crippen LogP contribution in [0.3, 0.4) is 0 Å². The van der Waals surface area contributed by atoms with E-state index in [0.29, 0.717) is 0 Å². The van der Waals surface area contributed by atoms with E-state index in [4.69, 9.17) is 4.42 Å². The lowest BCUT2D eigenvalue weighted by molar-refractivity contribution is 0.282. The predicted molar refractivity (Wildman–Crippen MR) is 272 cm³/mol. The van der Waals surface area contributed by atoms with Crippen LogP contribution in [-0.2, 0) is 27.1 Å². The smallest absolute Gasteiger partial charge is 0.297 e. The van der Waals surface area contributed by atoms with Crippen LogP contribution >= 0.6 is 0 Å². The highest BCUT2D eigenvalue weighted by Crippen LogP contribution is 2.55. The highest BCUT2D eigenvalue weighted by atomic mass is 16.3. The Bertz CT molecular complexity index is 2970. The molecule has 0 atom stereocenters. The normalized spacial score (nSPS) is 16.4. The van der Waals surface area contributed by atoms with Gasteiger partial charge in [0.25, 0.3) is 6.71 Å². The molecule has 0 spiro atoms. The van der Waals surface area contributed by atoms with Gasteiger partial charge in [-0.15, -0.1) is 0 Å². The van der Waals surface area contributed by atoms with Crippen molar-refractivity contribution in [3.05, 3.63) is 149 Å². The number of fused-ring (bicyclic) bond motifs is 7. The van der Waals surface area contributed by atoms with Gasteiger partial charge in [-0.25, -0.2) is 0 Å². The fraction of sp³-hybridized carbons (Fsp3) is 0.356. The molecule has 1 aromatic heterocycles. The van der Waals surface area contributed by atoms with E-state index >= 15 is 0 Å². The average Bonchev–Trinajstić information content (AvgIpc) is 3.64. The average molecular weight is 829 g/mol. The zero-order valence-corrected chi connectivity index (χ0v) is 40.3. The van der Waals surface area contributed by atoms with Gasteiger partial charge in [0.15, 0.2) is 0 Å². The molecule has 0 radical (unpaired) electrons. The molecule has 0 bridgehead atoms. The summed E-state index contributed by atoms with van der Waals surface area (Å²) in [6, 6.07) is 44.5. The monoisotopic (exact) mass is 829 g/mol. The highest BCUT2D eigenvalue weighted by molar-refractivity contribution is 6.99. The van der Waals surface area contributed by atoms with Crippen LogP contribution in [-0.4, -0.2) is 6.71 Å². The number of furan rings is 1. The summed E-state index contributed by atoms with van der Waals surface area (Å²) in [5.41, 5.74) is 19.8. The molecule has 3 aliphatic rings. The number of benzene rings is 6. The van der Waals surface area contributed by atoms with Gasteiger partial charge in [0.05, 0.1) is 17.0 Å². The molecule has 63 heavy (non-hydrogen) atoms. The van der Waals surface area contributed by atoms with Crippen LogP contribution in [0.2, 0.25) is 0 Å². The first-order valence-electron chi connectivity index (χ1n) is 23.3. The summed E-state index contributed by atoms with van der Waals surface area (Å²) in [7, 11) is 0. The second-order valence-electron chi connectivity index (χ2n) is 23.4. The molecule has 0 amide bonds. The third kappa shape index (κ3) is 6.52. The van der Waals surface area contributed by atoms with Crippen molar-refractivity contribution in [3.63, 3.8) is 0 Å². The summed E-state index contributed by atoms with van der Waals surface area (Å²) in [6.07, 6.45) is 2.19. The lowest BCUT2D eigenvalue weighted by atomic mass is 9.35. The van der Waals surface area contributed by atoms with Gasteiger partial charge in [0.2, 0.25) is 0 Å². The molecule has 3 heterocycles. The van der Waals surface area contributed by atoms with Crippen LogP contribution in [0.15, 0.2) is 120 Å². The summed E-state index contributed by atoms with van der Waals surface area (Å²) in [6.45, 7) is 32.8. The fourth-order valence-electron chi connectivity index (χ4n) is 10.9. The molecule has 6 aromatic carbocycles. The number of rotatable bonds is 3. The van der Waals surface area contributed by atoms with Crippen molar-refractivity contribution >= 4 is 68.2 Å². The standard InChI is InChI=1S/C59H65BN2O/c1-36-32-48-51-49(33-36)62(46-28-24-39(56(5,6)7)34-44(46)43-21-17-19-37-18-15-16-20-42(37)43)47-29-25-40(57(8,9)10)35-45(47)60(51)54-52(50-53(63-54)59(13,14)31-30-58(50,11)12)61(48)41-26-22-38(23-27-41)55(2,3)4/h15-29,32-35H,30-31H2,1-14H3. The molecule has 4 heteroatoms.